The number of carbonyl (C=O) groups excluding carboxylic acids is 1. The molecule has 0 aliphatic rings. The molecule has 3 aromatic carbocycles. The molecule has 0 saturated carbocycles. The second-order valence-electron chi connectivity index (χ2n) is 5.76. The van der Waals surface area contributed by atoms with E-state index in [1.54, 1.807) is 30.3 Å². The predicted octanol–water partition coefficient (Wildman–Crippen LogP) is 6.30. The second kappa shape index (κ2) is 7.13. The highest BCUT2D eigenvalue weighted by atomic mass is 79.9. The molecule has 0 spiro atoms. The van der Waals surface area contributed by atoms with E-state index in [2.05, 4.69) is 26.2 Å². The third kappa shape index (κ3) is 3.59. The molecule has 0 unspecified atom stereocenters. The van der Waals surface area contributed by atoms with Gasteiger partial charge in [0.1, 0.15) is 11.3 Å². The lowest BCUT2D eigenvalue weighted by Crippen LogP contribution is -2.13. The maximum atomic E-state index is 13.8. The molecule has 0 fully saturated rings. The zero-order valence-corrected chi connectivity index (χ0v) is 16.0. The van der Waals surface area contributed by atoms with Gasteiger partial charge in [-0.2, -0.15) is 0 Å². The summed E-state index contributed by atoms with van der Waals surface area (Å²) < 4.78 is 20.4. The third-order valence-corrected chi connectivity index (χ3v) is 4.75. The van der Waals surface area contributed by atoms with E-state index in [4.69, 9.17) is 16.0 Å². The normalized spacial score (nSPS) is 10.9. The van der Waals surface area contributed by atoms with Crippen LogP contribution in [0, 0.1) is 5.82 Å². The van der Waals surface area contributed by atoms with E-state index in [0.29, 0.717) is 33.3 Å². The van der Waals surface area contributed by atoms with Gasteiger partial charge in [-0.15, -0.1) is 0 Å². The molecule has 0 radical (unpaired) electrons. The van der Waals surface area contributed by atoms with Crippen molar-refractivity contribution in [1.29, 1.82) is 0 Å². The van der Waals surface area contributed by atoms with Crippen LogP contribution in [0.3, 0.4) is 0 Å². The number of rotatable bonds is 3. The first-order valence-corrected chi connectivity index (χ1v) is 9.10. The first-order valence-electron chi connectivity index (χ1n) is 7.93. The lowest BCUT2D eigenvalue weighted by Gasteiger charge is -2.05. The zero-order chi connectivity index (χ0) is 19.0. The summed E-state index contributed by atoms with van der Waals surface area (Å²) in [6, 6.07) is 16.2. The Morgan fingerprint density at radius 1 is 1.11 bits per heavy atom. The molecule has 134 valence electrons. The topological polar surface area (TPSA) is 55.1 Å². The van der Waals surface area contributed by atoms with Crippen LogP contribution in [0.25, 0.3) is 22.6 Å². The van der Waals surface area contributed by atoms with E-state index >= 15 is 0 Å². The van der Waals surface area contributed by atoms with Crippen LogP contribution in [-0.2, 0) is 0 Å². The van der Waals surface area contributed by atoms with Gasteiger partial charge in [-0.05, 0) is 48.5 Å². The molecule has 4 nitrogen and oxygen atoms in total. The summed E-state index contributed by atoms with van der Waals surface area (Å²) >= 11 is 9.63. The van der Waals surface area contributed by atoms with Gasteiger partial charge < -0.3 is 9.73 Å². The van der Waals surface area contributed by atoms with Gasteiger partial charge in [0.05, 0.1) is 16.1 Å². The van der Waals surface area contributed by atoms with Gasteiger partial charge in [-0.25, -0.2) is 9.37 Å². The maximum absolute atomic E-state index is 13.8. The van der Waals surface area contributed by atoms with Crippen molar-refractivity contribution < 1.29 is 13.6 Å². The number of aromatic nitrogens is 1. The Morgan fingerprint density at radius 2 is 1.93 bits per heavy atom. The average molecular weight is 446 g/mol. The van der Waals surface area contributed by atoms with E-state index in [-0.39, 0.29) is 5.56 Å². The van der Waals surface area contributed by atoms with Crippen LogP contribution >= 0.6 is 27.5 Å². The number of fused-ring (bicyclic) bond motifs is 1. The molecule has 1 aromatic heterocycles. The van der Waals surface area contributed by atoms with Gasteiger partial charge >= 0.3 is 0 Å². The Kier molecular flexibility index (Phi) is 4.68. The predicted molar refractivity (Wildman–Crippen MR) is 107 cm³/mol. The van der Waals surface area contributed by atoms with Crippen LogP contribution in [0.5, 0.6) is 0 Å². The molecular weight excluding hydrogens is 435 g/mol. The van der Waals surface area contributed by atoms with E-state index in [0.717, 1.165) is 4.47 Å². The van der Waals surface area contributed by atoms with E-state index in [9.17, 15) is 9.18 Å². The Labute approximate surface area is 167 Å². The number of hydrogen-bond donors (Lipinski definition) is 1. The number of carbonyl (C=O) groups is 1. The highest BCUT2D eigenvalue weighted by molar-refractivity contribution is 9.10. The van der Waals surface area contributed by atoms with Gasteiger partial charge in [0, 0.05) is 10.2 Å². The number of halogens is 3. The Morgan fingerprint density at radius 3 is 2.74 bits per heavy atom. The molecule has 0 atom stereocenters. The molecule has 0 bridgehead atoms. The highest BCUT2D eigenvalue weighted by Gasteiger charge is 2.14. The summed E-state index contributed by atoms with van der Waals surface area (Å²) in [6.45, 7) is 0. The number of anilines is 1. The maximum Gasteiger partial charge on any atom is 0.258 e. The molecule has 4 rings (SSSR count). The fourth-order valence-corrected chi connectivity index (χ4v) is 3.19. The Hall–Kier alpha value is -2.70. The molecule has 1 N–H and O–H groups in total. The van der Waals surface area contributed by atoms with Gasteiger partial charge in [-0.1, -0.05) is 39.7 Å². The molecular formula is C20H11BrClFN2O2. The minimum Gasteiger partial charge on any atom is -0.436 e. The standard InChI is InChI=1S/C20H11BrClFN2O2/c21-11-5-7-15(22)14(9-11)20-25-17-10-12(6-8-18(17)27-20)24-19(26)13-3-1-2-4-16(13)23/h1-10H,(H,24,26). The number of benzene rings is 3. The molecule has 1 amide bonds. The van der Waals surface area contributed by atoms with E-state index in [1.807, 2.05) is 12.1 Å². The average Bonchev–Trinajstić information content (AvgIpc) is 3.07. The lowest BCUT2D eigenvalue weighted by atomic mass is 10.2. The van der Waals surface area contributed by atoms with Crippen molar-refractivity contribution in [2.75, 3.05) is 5.32 Å². The Bertz CT molecular complexity index is 1180. The molecule has 1 heterocycles. The fourth-order valence-electron chi connectivity index (χ4n) is 2.63. The highest BCUT2D eigenvalue weighted by Crippen LogP contribution is 2.33. The second-order valence-corrected chi connectivity index (χ2v) is 7.08. The molecule has 0 aliphatic carbocycles. The van der Waals surface area contributed by atoms with Crippen molar-refractivity contribution in [3.63, 3.8) is 0 Å². The fraction of sp³-hybridized carbons (Fsp3) is 0. The van der Waals surface area contributed by atoms with Crippen molar-refractivity contribution in [1.82, 2.24) is 4.98 Å². The number of nitrogens with one attached hydrogen (secondary N) is 1. The van der Waals surface area contributed by atoms with Crippen molar-refractivity contribution in [2.24, 2.45) is 0 Å². The van der Waals surface area contributed by atoms with Crippen LogP contribution in [0.1, 0.15) is 10.4 Å². The summed E-state index contributed by atoms with van der Waals surface area (Å²) in [6.07, 6.45) is 0. The van der Waals surface area contributed by atoms with Gasteiger partial charge in [-0.3, -0.25) is 4.79 Å². The van der Waals surface area contributed by atoms with Crippen LogP contribution in [0.4, 0.5) is 10.1 Å². The van der Waals surface area contributed by atoms with E-state index < -0.39 is 11.7 Å². The molecule has 27 heavy (non-hydrogen) atoms. The van der Waals surface area contributed by atoms with Crippen molar-refractivity contribution in [3.8, 4) is 11.5 Å². The molecule has 4 aromatic rings. The zero-order valence-electron chi connectivity index (χ0n) is 13.7. The summed E-state index contributed by atoms with van der Waals surface area (Å²) in [4.78, 5) is 16.7. The van der Waals surface area contributed by atoms with E-state index in [1.165, 1.54) is 18.2 Å². The van der Waals surface area contributed by atoms with Crippen LogP contribution in [0.15, 0.2) is 69.6 Å². The third-order valence-electron chi connectivity index (χ3n) is 3.92. The Balaban J connectivity index is 1.66. The van der Waals surface area contributed by atoms with Crippen LogP contribution in [-0.4, -0.2) is 10.9 Å². The summed E-state index contributed by atoms with van der Waals surface area (Å²) in [5, 5.41) is 3.18. The quantitative estimate of drug-likeness (QED) is 0.402. The van der Waals surface area contributed by atoms with Gasteiger partial charge in [0.25, 0.3) is 5.91 Å². The number of oxazole rings is 1. The smallest absolute Gasteiger partial charge is 0.258 e. The number of hydrogen-bond acceptors (Lipinski definition) is 3. The number of nitrogens with zero attached hydrogens (tertiary/aromatic N) is 1. The first-order chi connectivity index (χ1) is 13.0. The lowest BCUT2D eigenvalue weighted by molar-refractivity contribution is 0.102. The summed E-state index contributed by atoms with van der Waals surface area (Å²) in [5.41, 5.74) is 2.20. The first kappa shape index (κ1) is 17.7. The molecule has 7 heteroatoms. The van der Waals surface area contributed by atoms with Crippen molar-refractivity contribution in [3.05, 3.63) is 81.5 Å². The molecule has 0 aliphatic heterocycles. The summed E-state index contributed by atoms with van der Waals surface area (Å²) in [5.74, 6) is -0.746. The monoisotopic (exact) mass is 444 g/mol. The molecule has 0 saturated heterocycles. The van der Waals surface area contributed by atoms with Crippen LogP contribution < -0.4 is 5.32 Å². The SMILES string of the molecule is O=C(Nc1ccc2oc(-c3cc(Br)ccc3Cl)nc2c1)c1ccccc1F. The largest absolute Gasteiger partial charge is 0.436 e. The minimum absolute atomic E-state index is 0.0284. The minimum atomic E-state index is -0.580. The summed E-state index contributed by atoms with van der Waals surface area (Å²) in [7, 11) is 0. The van der Waals surface area contributed by atoms with Crippen LogP contribution in [0.2, 0.25) is 5.02 Å². The number of amides is 1. The van der Waals surface area contributed by atoms with Crippen molar-refractivity contribution in [2.45, 2.75) is 0 Å². The van der Waals surface area contributed by atoms with Gasteiger partial charge in [0.15, 0.2) is 5.58 Å². The van der Waals surface area contributed by atoms with Gasteiger partial charge in [0.2, 0.25) is 5.89 Å². The van der Waals surface area contributed by atoms with Crippen molar-refractivity contribution >= 4 is 50.2 Å².